The van der Waals surface area contributed by atoms with Crippen LogP contribution in [0.15, 0.2) is 22.7 Å². The minimum absolute atomic E-state index is 0.00236. The lowest BCUT2D eigenvalue weighted by atomic mass is 10.1. The van der Waals surface area contributed by atoms with Crippen LogP contribution < -0.4 is 10.6 Å². The Labute approximate surface area is 116 Å². The van der Waals surface area contributed by atoms with E-state index in [0.29, 0.717) is 6.54 Å². The van der Waals surface area contributed by atoms with Crippen molar-refractivity contribution in [1.29, 1.82) is 0 Å². The number of halogens is 1. The number of rotatable bonds is 2. The average molecular weight is 312 g/mol. The molecular formula is C13H18BrN3O. The summed E-state index contributed by atoms with van der Waals surface area (Å²) in [6.07, 6.45) is 0. The highest BCUT2D eigenvalue weighted by Gasteiger charge is 2.21. The van der Waals surface area contributed by atoms with Crippen LogP contribution in [0.1, 0.15) is 18.5 Å². The first-order chi connectivity index (χ1) is 8.49. The largest absolute Gasteiger partial charge is 0.360 e. The number of carbonyl (C=O) groups excluding carboxylic acids is 1. The van der Waals surface area contributed by atoms with Gasteiger partial charge < -0.3 is 15.5 Å². The fraction of sp³-hybridized carbons (Fsp3) is 0.462. The predicted octanol–water partition coefficient (Wildman–Crippen LogP) is 1.75. The fourth-order valence-corrected chi connectivity index (χ4v) is 2.79. The van der Waals surface area contributed by atoms with Crippen molar-refractivity contribution in [1.82, 2.24) is 4.90 Å². The Morgan fingerprint density at radius 1 is 1.39 bits per heavy atom. The van der Waals surface area contributed by atoms with E-state index in [1.54, 1.807) is 4.90 Å². The highest BCUT2D eigenvalue weighted by Crippen LogP contribution is 2.28. The van der Waals surface area contributed by atoms with Crippen molar-refractivity contribution in [2.75, 3.05) is 31.6 Å². The molecule has 0 bridgehead atoms. The smallest absolute Gasteiger partial charge is 0.241 e. The van der Waals surface area contributed by atoms with Gasteiger partial charge in [-0.05, 0) is 24.6 Å². The summed E-state index contributed by atoms with van der Waals surface area (Å²) in [6, 6.07) is 6.09. The lowest BCUT2D eigenvalue weighted by Gasteiger charge is -2.33. The van der Waals surface area contributed by atoms with Crippen LogP contribution in [-0.2, 0) is 4.79 Å². The summed E-state index contributed by atoms with van der Waals surface area (Å²) < 4.78 is 1.00. The van der Waals surface area contributed by atoms with Crippen LogP contribution in [0.3, 0.4) is 0 Å². The molecule has 1 atom stereocenters. The SMILES string of the molecule is CC(N)c1ccc(N2CCN(C)C(=O)C2)cc1Br. The van der Waals surface area contributed by atoms with E-state index in [1.807, 2.05) is 32.2 Å². The van der Waals surface area contributed by atoms with Crippen molar-refractivity contribution in [3.8, 4) is 0 Å². The Bertz CT molecular complexity index is 462. The highest BCUT2D eigenvalue weighted by molar-refractivity contribution is 9.10. The fourth-order valence-electron chi connectivity index (χ4n) is 2.06. The van der Waals surface area contributed by atoms with Gasteiger partial charge in [0.1, 0.15) is 0 Å². The quantitative estimate of drug-likeness (QED) is 0.905. The monoisotopic (exact) mass is 311 g/mol. The summed E-state index contributed by atoms with van der Waals surface area (Å²) in [5, 5.41) is 0. The number of piperazine rings is 1. The van der Waals surface area contributed by atoms with Crippen molar-refractivity contribution < 1.29 is 4.79 Å². The molecule has 0 spiro atoms. The second kappa shape index (κ2) is 5.28. The Hall–Kier alpha value is -1.07. The number of likely N-dealkylation sites (N-methyl/N-ethyl adjacent to an activating group) is 1. The van der Waals surface area contributed by atoms with Crippen LogP contribution in [-0.4, -0.2) is 37.5 Å². The molecule has 1 aromatic carbocycles. The molecule has 1 aromatic rings. The van der Waals surface area contributed by atoms with Crippen LogP contribution >= 0.6 is 15.9 Å². The van der Waals surface area contributed by atoms with Crippen molar-refractivity contribution in [3.63, 3.8) is 0 Å². The second-order valence-electron chi connectivity index (χ2n) is 4.73. The number of amides is 1. The molecule has 1 aliphatic heterocycles. The van der Waals surface area contributed by atoms with E-state index >= 15 is 0 Å². The number of benzene rings is 1. The zero-order valence-corrected chi connectivity index (χ0v) is 12.3. The summed E-state index contributed by atoms with van der Waals surface area (Å²) in [6.45, 7) is 4.04. The predicted molar refractivity (Wildman–Crippen MR) is 76.6 cm³/mol. The molecular weight excluding hydrogens is 294 g/mol. The molecule has 5 heteroatoms. The van der Waals surface area contributed by atoms with Gasteiger partial charge in [-0.3, -0.25) is 4.79 Å². The third-order valence-electron chi connectivity index (χ3n) is 3.30. The first-order valence-electron chi connectivity index (χ1n) is 6.03. The molecule has 4 nitrogen and oxygen atoms in total. The average Bonchev–Trinajstić information content (AvgIpc) is 2.32. The molecule has 0 radical (unpaired) electrons. The first kappa shape index (κ1) is 13.4. The van der Waals surface area contributed by atoms with Crippen molar-refractivity contribution >= 4 is 27.5 Å². The Balaban J connectivity index is 2.19. The van der Waals surface area contributed by atoms with Gasteiger partial charge >= 0.3 is 0 Å². The summed E-state index contributed by atoms with van der Waals surface area (Å²) in [5.74, 6) is 0.161. The van der Waals surface area contributed by atoms with Gasteiger partial charge in [-0.1, -0.05) is 22.0 Å². The number of carbonyl (C=O) groups is 1. The maximum absolute atomic E-state index is 11.7. The topological polar surface area (TPSA) is 49.6 Å². The van der Waals surface area contributed by atoms with Crippen LogP contribution in [0.25, 0.3) is 0 Å². The molecule has 0 saturated carbocycles. The maximum atomic E-state index is 11.7. The van der Waals surface area contributed by atoms with Gasteiger partial charge in [0.15, 0.2) is 0 Å². The summed E-state index contributed by atoms with van der Waals surface area (Å²) in [7, 11) is 1.84. The third-order valence-corrected chi connectivity index (χ3v) is 3.98. The zero-order chi connectivity index (χ0) is 13.3. The van der Waals surface area contributed by atoms with E-state index in [2.05, 4.69) is 20.8 Å². The maximum Gasteiger partial charge on any atom is 0.241 e. The van der Waals surface area contributed by atoms with E-state index < -0.39 is 0 Å². The molecule has 98 valence electrons. The standard InChI is InChI=1S/C13H18BrN3O/c1-9(15)11-4-3-10(7-12(11)14)17-6-5-16(2)13(18)8-17/h3-4,7,9H,5-6,8,15H2,1-2H3. The Morgan fingerprint density at radius 3 is 2.67 bits per heavy atom. The van der Waals surface area contributed by atoms with Crippen molar-refractivity contribution in [2.45, 2.75) is 13.0 Å². The molecule has 1 amide bonds. The third kappa shape index (κ3) is 2.67. The highest BCUT2D eigenvalue weighted by atomic mass is 79.9. The molecule has 1 unspecified atom stereocenters. The van der Waals surface area contributed by atoms with E-state index in [1.165, 1.54) is 0 Å². The van der Waals surface area contributed by atoms with E-state index in [4.69, 9.17) is 5.73 Å². The zero-order valence-electron chi connectivity index (χ0n) is 10.7. The van der Waals surface area contributed by atoms with Gasteiger partial charge in [-0.15, -0.1) is 0 Å². The number of nitrogens with zero attached hydrogens (tertiary/aromatic N) is 2. The number of anilines is 1. The molecule has 1 saturated heterocycles. The van der Waals surface area contributed by atoms with E-state index in [9.17, 15) is 4.79 Å². The summed E-state index contributed by atoms with van der Waals surface area (Å²) >= 11 is 3.54. The second-order valence-corrected chi connectivity index (χ2v) is 5.59. The number of nitrogens with two attached hydrogens (primary N) is 1. The molecule has 1 fully saturated rings. The van der Waals surface area contributed by atoms with Crippen LogP contribution in [0.5, 0.6) is 0 Å². The number of hydrogen-bond donors (Lipinski definition) is 1. The van der Waals surface area contributed by atoms with Gasteiger partial charge in [0.25, 0.3) is 0 Å². The molecule has 18 heavy (non-hydrogen) atoms. The first-order valence-corrected chi connectivity index (χ1v) is 6.82. The lowest BCUT2D eigenvalue weighted by Crippen LogP contribution is -2.48. The van der Waals surface area contributed by atoms with Crippen molar-refractivity contribution in [2.24, 2.45) is 5.73 Å². The molecule has 1 heterocycles. The van der Waals surface area contributed by atoms with E-state index in [-0.39, 0.29) is 11.9 Å². The van der Waals surface area contributed by atoms with Crippen molar-refractivity contribution in [3.05, 3.63) is 28.2 Å². The molecule has 2 rings (SSSR count). The Kier molecular flexibility index (Phi) is 3.92. The summed E-state index contributed by atoms with van der Waals surface area (Å²) in [5.41, 5.74) is 8.02. The lowest BCUT2D eigenvalue weighted by molar-refractivity contribution is -0.129. The van der Waals surface area contributed by atoms with Gasteiger partial charge in [0.05, 0.1) is 6.54 Å². The van der Waals surface area contributed by atoms with Crippen LogP contribution in [0, 0.1) is 0 Å². The van der Waals surface area contributed by atoms with Crippen LogP contribution in [0.4, 0.5) is 5.69 Å². The molecule has 1 aliphatic rings. The van der Waals surface area contributed by atoms with Gasteiger partial charge in [-0.25, -0.2) is 0 Å². The minimum Gasteiger partial charge on any atom is -0.360 e. The summed E-state index contributed by atoms with van der Waals surface area (Å²) in [4.78, 5) is 15.6. The van der Waals surface area contributed by atoms with Gasteiger partial charge in [-0.2, -0.15) is 0 Å². The molecule has 2 N–H and O–H groups in total. The molecule has 0 aliphatic carbocycles. The molecule has 0 aromatic heterocycles. The van der Waals surface area contributed by atoms with E-state index in [0.717, 1.165) is 28.8 Å². The van der Waals surface area contributed by atoms with Crippen LogP contribution in [0.2, 0.25) is 0 Å². The van der Waals surface area contributed by atoms with Gasteiger partial charge in [0, 0.05) is 36.3 Å². The Morgan fingerprint density at radius 2 is 2.11 bits per heavy atom. The normalized spacial score (nSPS) is 18.1. The minimum atomic E-state index is 0.00236. The number of hydrogen-bond acceptors (Lipinski definition) is 3. The van der Waals surface area contributed by atoms with Gasteiger partial charge in [0.2, 0.25) is 5.91 Å².